The van der Waals surface area contributed by atoms with Gasteiger partial charge in [0.25, 0.3) is 0 Å². The molecule has 0 bridgehead atoms. The van der Waals surface area contributed by atoms with Gasteiger partial charge in [0, 0.05) is 5.69 Å². The van der Waals surface area contributed by atoms with E-state index < -0.39 is 11.9 Å². The number of para-hydroxylation sites is 1. The molecule has 0 spiro atoms. The van der Waals surface area contributed by atoms with Gasteiger partial charge in [-0.1, -0.05) is 18.2 Å². The number of anilines is 1. The lowest BCUT2D eigenvalue weighted by Gasteiger charge is -2.06. The molecule has 0 aliphatic heterocycles. The van der Waals surface area contributed by atoms with Crippen LogP contribution >= 0.6 is 0 Å². The minimum Gasteiger partial charge on any atom is -0.410 e. The van der Waals surface area contributed by atoms with Crippen molar-refractivity contribution in [3.63, 3.8) is 0 Å². The summed E-state index contributed by atoms with van der Waals surface area (Å²) in [4.78, 5) is 11.6. The van der Waals surface area contributed by atoms with Gasteiger partial charge in [-0.2, -0.15) is 5.26 Å². The van der Waals surface area contributed by atoms with E-state index in [1.807, 2.05) is 0 Å². The Morgan fingerprint density at radius 3 is 2.63 bits per heavy atom. The van der Waals surface area contributed by atoms with Gasteiger partial charge < -0.3 is 4.74 Å². The van der Waals surface area contributed by atoms with Crippen LogP contribution in [0.3, 0.4) is 0 Å². The number of hydrogen-bond acceptors (Lipinski definition) is 3. The minimum absolute atomic E-state index is 0.120. The molecule has 0 radical (unpaired) electrons. The van der Waals surface area contributed by atoms with E-state index >= 15 is 0 Å². The number of carbonyl (C=O) groups is 1. The number of halogens is 1. The highest BCUT2D eigenvalue weighted by atomic mass is 19.1. The van der Waals surface area contributed by atoms with E-state index in [-0.39, 0.29) is 11.3 Å². The van der Waals surface area contributed by atoms with Crippen molar-refractivity contribution < 1.29 is 13.9 Å². The summed E-state index contributed by atoms with van der Waals surface area (Å²) in [7, 11) is 0. The SMILES string of the molecule is N#Cc1cc(F)cc(NC(=O)Oc2ccccc2)c1. The highest BCUT2D eigenvalue weighted by molar-refractivity contribution is 5.86. The summed E-state index contributed by atoms with van der Waals surface area (Å²) in [6.45, 7) is 0. The third-order valence-electron chi connectivity index (χ3n) is 2.23. The van der Waals surface area contributed by atoms with E-state index in [1.54, 1.807) is 36.4 Å². The first-order valence-electron chi connectivity index (χ1n) is 5.42. The first-order valence-corrected chi connectivity index (χ1v) is 5.42. The second kappa shape index (κ2) is 5.65. The molecule has 1 amide bonds. The lowest BCUT2D eigenvalue weighted by atomic mass is 10.2. The number of ether oxygens (including phenoxy) is 1. The molecule has 1 N–H and O–H groups in total. The van der Waals surface area contributed by atoms with Crippen LogP contribution in [0.15, 0.2) is 48.5 Å². The molecule has 0 atom stereocenters. The van der Waals surface area contributed by atoms with Gasteiger partial charge in [-0.05, 0) is 30.3 Å². The quantitative estimate of drug-likeness (QED) is 0.896. The Labute approximate surface area is 109 Å². The Bertz CT molecular complexity index is 636. The van der Waals surface area contributed by atoms with Crippen LogP contribution < -0.4 is 10.1 Å². The van der Waals surface area contributed by atoms with Crippen molar-refractivity contribution in [2.24, 2.45) is 0 Å². The molecule has 5 heteroatoms. The van der Waals surface area contributed by atoms with Crippen LogP contribution in [0.25, 0.3) is 0 Å². The summed E-state index contributed by atoms with van der Waals surface area (Å²) < 4.78 is 18.1. The highest BCUT2D eigenvalue weighted by Crippen LogP contribution is 2.15. The second-order valence-corrected chi connectivity index (χ2v) is 3.67. The molecule has 0 aliphatic rings. The standard InChI is InChI=1S/C14H9FN2O2/c15-11-6-10(9-16)7-12(8-11)17-14(18)19-13-4-2-1-3-5-13/h1-8H,(H,17,18). The molecule has 0 saturated heterocycles. The Hall–Kier alpha value is -2.87. The van der Waals surface area contributed by atoms with Crippen molar-refractivity contribution in [2.45, 2.75) is 0 Å². The molecule has 94 valence electrons. The second-order valence-electron chi connectivity index (χ2n) is 3.67. The molecule has 0 heterocycles. The number of carbonyl (C=O) groups excluding carboxylic acids is 1. The zero-order chi connectivity index (χ0) is 13.7. The molecule has 4 nitrogen and oxygen atoms in total. The van der Waals surface area contributed by atoms with Gasteiger partial charge in [-0.3, -0.25) is 5.32 Å². The zero-order valence-corrected chi connectivity index (χ0v) is 9.76. The maximum atomic E-state index is 13.1. The van der Waals surface area contributed by atoms with E-state index in [2.05, 4.69) is 5.32 Å². The third-order valence-corrected chi connectivity index (χ3v) is 2.23. The fourth-order valence-electron chi connectivity index (χ4n) is 1.47. The fraction of sp³-hybridized carbons (Fsp3) is 0. The molecule has 2 aromatic rings. The zero-order valence-electron chi connectivity index (χ0n) is 9.76. The Balaban J connectivity index is 2.07. The van der Waals surface area contributed by atoms with Crippen molar-refractivity contribution in [1.29, 1.82) is 5.26 Å². The fourth-order valence-corrected chi connectivity index (χ4v) is 1.47. The maximum Gasteiger partial charge on any atom is 0.417 e. The largest absolute Gasteiger partial charge is 0.417 e. The summed E-state index contributed by atoms with van der Waals surface area (Å²) in [5, 5.41) is 11.0. The highest BCUT2D eigenvalue weighted by Gasteiger charge is 2.07. The molecule has 0 aromatic heterocycles. The summed E-state index contributed by atoms with van der Waals surface area (Å²) in [5.74, 6) is -0.231. The predicted octanol–water partition coefficient (Wildman–Crippen LogP) is 3.31. The van der Waals surface area contributed by atoms with Gasteiger partial charge >= 0.3 is 6.09 Å². The average Bonchev–Trinajstić information content (AvgIpc) is 2.38. The molecule has 0 unspecified atom stereocenters. The van der Waals surface area contributed by atoms with Crippen LogP contribution in [-0.2, 0) is 0 Å². The van der Waals surface area contributed by atoms with Gasteiger partial charge in [-0.15, -0.1) is 0 Å². The topological polar surface area (TPSA) is 62.1 Å². The van der Waals surface area contributed by atoms with Gasteiger partial charge in [-0.25, -0.2) is 9.18 Å². The van der Waals surface area contributed by atoms with Crippen LogP contribution in [0, 0.1) is 17.1 Å². The minimum atomic E-state index is -0.749. The van der Waals surface area contributed by atoms with Crippen LogP contribution in [0.2, 0.25) is 0 Å². The molecule has 2 rings (SSSR count). The molecule has 19 heavy (non-hydrogen) atoms. The number of rotatable bonds is 2. The Morgan fingerprint density at radius 1 is 1.21 bits per heavy atom. The van der Waals surface area contributed by atoms with Gasteiger partial charge in [0.2, 0.25) is 0 Å². The van der Waals surface area contributed by atoms with E-state index in [0.717, 1.165) is 12.1 Å². The molecule has 2 aromatic carbocycles. The van der Waals surface area contributed by atoms with E-state index in [0.29, 0.717) is 5.75 Å². The van der Waals surface area contributed by atoms with Gasteiger partial charge in [0.1, 0.15) is 11.6 Å². The summed E-state index contributed by atoms with van der Waals surface area (Å²) >= 11 is 0. The number of amides is 1. The Kier molecular flexibility index (Phi) is 3.74. The van der Waals surface area contributed by atoms with Crippen molar-refractivity contribution >= 4 is 11.8 Å². The number of nitrogens with zero attached hydrogens (tertiary/aromatic N) is 1. The molecular weight excluding hydrogens is 247 g/mol. The smallest absolute Gasteiger partial charge is 0.410 e. The van der Waals surface area contributed by atoms with E-state index in [1.165, 1.54) is 6.07 Å². The van der Waals surface area contributed by atoms with Gasteiger partial charge in [0.05, 0.1) is 11.6 Å². The number of nitriles is 1. The normalized spacial score (nSPS) is 9.47. The van der Waals surface area contributed by atoms with E-state index in [9.17, 15) is 9.18 Å². The van der Waals surface area contributed by atoms with Crippen LogP contribution in [0.1, 0.15) is 5.56 Å². The molecule has 0 fully saturated rings. The summed E-state index contributed by atoms with van der Waals surface area (Å²) in [5.41, 5.74) is 0.285. The third kappa shape index (κ3) is 3.54. The lowest BCUT2D eigenvalue weighted by molar-refractivity contribution is 0.215. The van der Waals surface area contributed by atoms with Crippen molar-refractivity contribution in [3.05, 3.63) is 59.9 Å². The molecule has 0 saturated carbocycles. The van der Waals surface area contributed by atoms with Crippen molar-refractivity contribution in [3.8, 4) is 11.8 Å². The summed E-state index contributed by atoms with van der Waals surface area (Å²) in [6, 6.07) is 13.8. The maximum absolute atomic E-state index is 13.1. The number of hydrogen-bond donors (Lipinski definition) is 1. The molecular formula is C14H9FN2O2. The van der Waals surface area contributed by atoms with Gasteiger partial charge in [0.15, 0.2) is 0 Å². The van der Waals surface area contributed by atoms with Crippen LogP contribution in [-0.4, -0.2) is 6.09 Å². The number of nitrogens with one attached hydrogen (secondary N) is 1. The van der Waals surface area contributed by atoms with Crippen molar-refractivity contribution in [2.75, 3.05) is 5.32 Å². The first-order chi connectivity index (χ1) is 9.17. The first kappa shape index (κ1) is 12.6. The number of benzene rings is 2. The summed E-state index contributed by atoms with van der Waals surface area (Å²) in [6.07, 6.45) is -0.749. The van der Waals surface area contributed by atoms with Crippen LogP contribution in [0.5, 0.6) is 5.75 Å². The molecule has 0 aliphatic carbocycles. The Morgan fingerprint density at radius 2 is 1.95 bits per heavy atom. The lowest BCUT2D eigenvalue weighted by Crippen LogP contribution is -2.16. The van der Waals surface area contributed by atoms with Crippen molar-refractivity contribution in [1.82, 2.24) is 0 Å². The van der Waals surface area contributed by atoms with E-state index in [4.69, 9.17) is 10.00 Å². The predicted molar refractivity (Wildman–Crippen MR) is 67.2 cm³/mol. The monoisotopic (exact) mass is 256 g/mol. The average molecular weight is 256 g/mol. The van der Waals surface area contributed by atoms with Crippen LogP contribution in [0.4, 0.5) is 14.9 Å².